The first kappa shape index (κ1) is 15.2. The van der Waals surface area contributed by atoms with Crippen LogP contribution in [0, 0.1) is 0 Å². The third kappa shape index (κ3) is 4.69. The lowest BCUT2D eigenvalue weighted by Gasteiger charge is -2.19. The Labute approximate surface area is 126 Å². The van der Waals surface area contributed by atoms with Crippen molar-refractivity contribution in [1.29, 1.82) is 0 Å². The molecule has 0 spiro atoms. The van der Waals surface area contributed by atoms with Gasteiger partial charge in [0.25, 0.3) is 0 Å². The summed E-state index contributed by atoms with van der Waals surface area (Å²) in [6.45, 7) is 0.710. The van der Waals surface area contributed by atoms with Gasteiger partial charge in [-0.2, -0.15) is 0 Å². The van der Waals surface area contributed by atoms with E-state index in [1.54, 1.807) is 6.08 Å². The van der Waals surface area contributed by atoms with Gasteiger partial charge in [0.1, 0.15) is 0 Å². The fraction of sp³-hybridized carbons (Fsp3) is 0.211. The summed E-state index contributed by atoms with van der Waals surface area (Å²) in [6.07, 6.45) is 3.57. The van der Waals surface area contributed by atoms with E-state index in [0.717, 1.165) is 11.1 Å². The van der Waals surface area contributed by atoms with E-state index in [1.807, 2.05) is 85.7 Å². The van der Waals surface area contributed by atoms with Gasteiger partial charge < -0.3 is 4.90 Å². The van der Waals surface area contributed by atoms with Crippen LogP contribution < -0.4 is 0 Å². The number of hydrogen-bond donors (Lipinski definition) is 0. The lowest BCUT2D eigenvalue weighted by molar-refractivity contribution is -0.116. The van der Waals surface area contributed by atoms with Crippen LogP contribution in [-0.4, -0.2) is 31.3 Å². The number of nitrogens with zero attached hydrogens (tertiary/aromatic N) is 1. The number of ketones is 1. The molecule has 1 atom stereocenters. The minimum Gasteiger partial charge on any atom is -0.308 e. The Bertz CT molecular complexity index is 587. The molecule has 0 aliphatic rings. The minimum absolute atomic E-state index is 0.124. The molecule has 0 aromatic heterocycles. The monoisotopic (exact) mass is 279 g/mol. The number of benzene rings is 2. The molecule has 108 valence electrons. The van der Waals surface area contributed by atoms with Gasteiger partial charge in [-0.3, -0.25) is 4.79 Å². The number of hydrogen-bond acceptors (Lipinski definition) is 2. The van der Waals surface area contributed by atoms with Crippen LogP contribution >= 0.6 is 0 Å². The molecular weight excluding hydrogens is 258 g/mol. The summed E-state index contributed by atoms with van der Waals surface area (Å²) in [5.74, 6) is 0.0138. The number of likely N-dealkylation sites (N-methyl/N-ethyl adjacent to an activating group) is 1. The molecule has 2 aromatic rings. The molecule has 0 heterocycles. The van der Waals surface area contributed by atoms with E-state index in [1.165, 1.54) is 0 Å². The zero-order valence-electron chi connectivity index (χ0n) is 12.6. The average molecular weight is 279 g/mol. The highest BCUT2D eigenvalue weighted by Crippen LogP contribution is 2.18. The summed E-state index contributed by atoms with van der Waals surface area (Å²) in [5, 5.41) is 0. The molecule has 0 aliphatic heterocycles. The lowest BCUT2D eigenvalue weighted by atomic mass is 9.93. The predicted octanol–water partition coefficient (Wildman–Crippen LogP) is 3.61. The second-order valence-corrected chi connectivity index (χ2v) is 5.37. The van der Waals surface area contributed by atoms with Gasteiger partial charge in [-0.05, 0) is 31.3 Å². The molecule has 0 amide bonds. The van der Waals surface area contributed by atoms with Gasteiger partial charge in [0, 0.05) is 6.54 Å². The van der Waals surface area contributed by atoms with E-state index in [4.69, 9.17) is 0 Å². The van der Waals surface area contributed by atoms with Crippen LogP contribution in [0.1, 0.15) is 17.0 Å². The van der Waals surface area contributed by atoms with Gasteiger partial charge >= 0.3 is 0 Å². The molecule has 2 nitrogen and oxygen atoms in total. The Balaban J connectivity index is 2.17. The normalized spacial score (nSPS) is 12.7. The van der Waals surface area contributed by atoms with Gasteiger partial charge in [0.05, 0.1) is 5.92 Å². The topological polar surface area (TPSA) is 20.3 Å². The van der Waals surface area contributed by atoms with Crippen molar-refractivity contribution in [1.82, 2.24) is 4.90 Å². The van der Waals surface area contributed by atoms with Crippen molar-refractivity contribution in [2.75, 3.05) is 20.6 Å². The highest BCUT2D eigenvalue weighted by Gasteiger charge is 2.18. The van der Waals surface area contributed by atoms with Gasteiger partial charge in [-0.15, -0.1) is 0 Å². The summed E-state index contributed by atoms with van der Waals surface area (Å²) >= 11 is 0. The maximum atomic E-state index is 12.5. The molecule has 2 rings (SSSR count). The maximum Gasteiger partial charge on any atom is 0.164 e. The van der Waals surface area contributed by atoms with E-state index >= 15 is 0 Å². The fourth-order valence-corrected chi connectivity index (χ4v) is 2.27. The quantitative estimate of drug-likeness (QED) is 0.753. The van der Waals surface area contributed by atoms with Gasteiger partial charge in [0.15, 0.2) is 5.78 Å². The van der Waals surface area contributed by atoms with Crippen LogP contribution in [0.3, 0.4) is 0 Å². The molecule has 0 bridgehead atoms. The van der Waals surface area contributed by atoms with Gasteiger partial charge in [-0.25, -0.2) is 0 Å². The van der Waals surface area contributed by atoms with Crippen LogP contribution in [0.25, 0.3) is 6.08 Å². The molecule has 0 aliphatic carbocycles. The maximum absolute atomic E-state index is 12.5. The van der Waals surface area contributed by atoms with Gasteiger partial charge in [0.2, 0.25) is 0 Å². The van der Waals surface area contributed by atoms with Crippen molar-refractivity contribution in [2.24, 2.45) is 0 Å². The summed E-state index contributed by atoms with van der Waals surface area (Å²) in [6, 6.07) is 19.9. The van der Waals surface area contributed by atoms with E-state index in [0.29, 0.717) is 6.54 Å². The molecule has 2 heteroatoms. The molecular formula is C19H21NO. The molecule has 0 N–H and O–H groups in total. The average Bonchev–Trinajstić information content (AvgIpc) is 2.52. The van der Waals surface area contributed by atoms with Crippen molar-refractivity contribution >= 4 is 11.9 Å². The van der Waals surface area contributed by atoms with Crippen molar-refractivity contribution in [2.45, 2.75) is 5.92 Å². The van der Waals surface area contributed by atoms with Crippen LogP contribution in [0.4, 0.5) is 0 Å². The van der Waals surface area contributed by atoms with E-state index in [-0.39, 0.29) is 11.7 Å². The SMILES string of the molecule is CN(C)CC(C(=O)C=Cc1ccccc1)c1ccccc1. The van der Waals surface area contributed by atoms with E-state index in [9.17, 15) is 4.79 Å². The number of carbonyl (C=O) groups excluding carboxylic acids is 1. The van der Waals surface area contributed by atoms with E-state index < -0.39 is 0 Å². The zero-order valence-corrected chi connectivity index (χ0v) is 12.6. The standard InChI is InChI=1S/C19H21NO/c1-20(2)15-18(17-11-7-4-8-12-17)19(21)14-13-16-9-5-3-6-10-16/h3-14,18H,15H2,1-2H3. The molecule has 0 radical (unpaired) electrons. The first-order valence-corrected chi connectivity index (χ1v) is 7.13. The Morgan fingerprint density at radius 2 is 1.57 bits per heavy atom. The number of rotatable bonds is 6. The third-order valence-corrected chi connectivity index (χ3v) is 3.33. The molecule has 0 saturated carbocycles. The second-order valence-electron chi connectivity index (χ2n) is 5.37. The van der Waals surface area contributed by atoms with Gasteiger partial charge in [-0.1, -0.05) is 66.7 Å². The summed E-state index contributed by atoms with van der Waals surface area (Å²) < 4.78 is 0. The highest BCUT2D eigenvalue weighted by molar-refractivity contribution is 5.98. The first-order valence-electron chi connectivity index (χ1n) is 7.13. The second kappa shape index (κ2) is 7.55. The third-order valence-electron chi connectivity index (χ3n) is 3.33. The summed E-state index contributed by atoms with van der Waals surface area (Å²) in [7, 11) is 3.98. The Morgan fingerprint density at radius 3 is 2.14 bits per heavy atom. The molecule has 2 aromatic carbocycles. The lowest BCUT2D eigenvalue weighted by Crippen LogP contribution is -2.25. The number of allylic oxidation sites excluding steroid dienone is 1. The van der Waals surface area contributed by atoms with Crippen LogP contribution in [-0.2, 0) is 4.79 Å². The molecule has 0 saturated heterocycles. The van der Waals surface area contributed by atoms with Crippen molar-refractivity contribution in [3.63, 3.8) is 0 Å². The Morgan fingerprint density at radius 1 is 1.00 bits per heavy atom. The van der Waals surface area contributed by atoms with Crippen LogP contribution in [0.2, 0.25) is 0 Å². The van der Waals surface area contributed by atoms with Crippen LogP contribution in [0.5, 0.6) is 0 Å². The first-order chi connectivity index (χ1) is 10.2. The summed E-state index contributed by atoms with van der Waals surface area (Å²) in [5.41, 5.74) is 2.11. The fourth-order valence-electron chi connectivity index (χ4n) is 2.27. The molecule has 21 heavy (non-hydrogen) atoms. The zero-order chi connectivity index (χ0) is 15.1. The highest BCUT2D eigenvalue weighted by atomic mass is 16.1. The Hall–Kier alpha value is -2.19. The smallest absolute Gasteiger partial charge is 0.164 e. The van der Waals surface area contributed by atoms with Crippen molar-refractivity contribution < 1.29 is 4.79 Å². The number of carbonyl (C=O) groups is 1. The van der Waals surface area contributed by atoms with E-state index in [2.05, 4.69) is 0 Å². The van der Waals surface area contributed by atoms with Crippen molar-refractivity contribution in [3.8, 4) is 0 Å². The predicted molar refractivity (Wildman–Crippen MR) is 88.2 cm³/mol. The molecule has 1 unspecified atom stereocenters. The largest absolute Gasteiger partial charge is 0.308 e. The van der Waals surface area contributed by atoms with Crippen LogP contribution in [0.15, 0.2) is 66.7 Å². The van der Waals surface area contributed by atoms with Crippen molar-refractivity contribution in [3.05, 3.63) is 77.9 Å². The molecule has 0 fully saturated rings. The minimum atomic E-state index is -0.124. The Kier molecular flexibility index (Phi) is 5.47. The summed E-state index contributed by atoms with van der Waals surface area (Å²) in [4.78, 5) is 14.6.